The summed E-state index contributed by atoms with van der Waals surface area (Å²) in [6.07, 6.45) is 0.348. The molecule has 1 heterocycles. The second kappa shape index (κ2) is 7.17. The Balaban J connectivity index is 2.16. The first-order valence-corrected chi connectivity index (χ1v) is 5.40. The number of ether oxygens (including phenoxy) is 2. The Morgan fingerprint density at radius 1 is 1.57 bits per heavy atom. The maximum atomic E-state index is 5.65. The van der Waals surface area contributed by atoms with Crippen LogP contribution in [0.4, 0.5) is 0 Å². The van der Waals surface area contributed by atoms with E-state index in [0.717, 1.165) is 45.9 Å². The van der Waals surface area contributed by atoms with E-state index in [1.807, 2.05) is 0 Å². The fourth-order valence-electron chi connectivity index (χ4n) is 1.62. The van der Waals surface area contributed by atoms with Crippen molar-refractivity contribution in [1.29, 1.82) is 0 Å². The van der Waals surface area contributed by atoms with E-state index in [1.54, 1.807) is 7.11 Å². The highest BCUT2D eigenvalue weighted by Crippen LogP contribution is 1.99. The Bertz CT molecular complexity index is 138. The van der Waals surface area contributed by atoms with Crippen molar-refractivity contribution in [2.75, 3.05) is 53.0 Å². The topological polar surface area (TPSA) is 33.7 Å². The first-order valence-electron chi connectivity index (χ1n) is 5.40. The molecule has 0 aromatic rings. The number of hydrogen-bond donors (Lipinski definition) is 1. The molecule has 14 heavy (non-hydrogen) atoms. The van der Waals surface area contributed by atoms with Crippen LogP contribution < -0.4 is 5.32 Å². The van der Waals surface area contributed by atoms with Crippen molar-refractivity contribution >= 4 is 0 Å². The minimum absolute atomic E-state index is 0.348. The summed E-state index contributed by atoms with van der Waals surface area (Å²) < 4.78 is 10.7. The normalized spacial score (nSPS) is 22.9. The van der Waals surface area contributed by atoms with E-state index >= 15 is 0 Å². The van der Waals surface area contributed by atoms with Crippen LogP contribution in [0.5, 0.6) is 0 Å². The zero-order valence-electron chi connectivity index (χ0n) is 9.29. The molecule has 1 atom stereocenters. The summed E-state index contributed by atoms with van der Waals surface area (Å²) in [5.74, 6) is 0. The van der Waals surface area contributed by atoms with E-state index in [0.29, 0.717) is 6.10 Å². The minimum atomic E-state index is 0.348. The number of rotatable bonds is 6. The molecule has 0 radical (unpaired) electrons. The summed E-state index contributed by atoms with van der Waals surface area (Å²) in [5, 5.41) is 3.34. The molecule has 84 valence electrons. The highest BCUT2D eigenvalue weighted by molar-refractivity contribution is 4.71. The number of likely N-dealkylation sites (N-methyl/N-ethyl adjacent to an activating group) is 1. The molecule has 1 saturated heterocycles. The molecule has 1 unspecified atom stereocenters. The van der Waals surface area contributed by atoms with E-state index in [2.05, 4.69) is 17.1 Å². The van der Waals surface area contributed by atoms with Crippen LogP contribution in [0.3, 0.4) is 0 Å². The van der Waals surface area contributed by atoms with Gasteiger partial charge in [0.2, 0.25) is 0 Å². The predicted molar refractivity (Wildman–Crippen MR) is 56.6 cm³/mol. The van der Waals surface area contributed by atoms with Gasteiger partial charge >= 0.3 is 0 Å². The van der Waals surface area contributed by atoms with Crippen molar-refractivity contribution in [2.45, 2.75) is 13.0 Å². The van der Waals surface area contributed by atoms with Crippen LogP contribution >= 0.6 is 0 Å². The van der Waals surface area contributed by atoms with E-state index in [4.69, 9.17) is 9.47 Å². The maximum absolute atomic E-state index is 5.65. The average molecular weight is 202 g/mol. The molecule has 0 aliphatic carbocycles. The molecule has 1 rings (SSSR count). The van der Waals surface area contributed by atoms with Crippen molar-refractivity contribution in [3.63, 3.8) is 0 Å². The SMILES string of the molecule is CCN(CCOC)CC1CNCCO1. The van der Waals surface area contributed by atoms with Crippen LogP contribution in [0.1, 0.15) is 6.92 Å². The van der Waals surface area contributed by atoms with Crippen molar-refractivity contribution in [2.24, 2.45) is 0 Å². The van der Waals surface area contributed by atoms with E-state index in [9.17, 15) is 0 Å². The smallest absolute Gasteiger partial charge is 0.0826 e. The van der Waals surface area contributed by atoms with E-state index in [1.165, 1.54) is 0 Å². The molecule has 0 bridgehead atoms. The van der Waals surface area contributed by atoms with Gasteiger partial charge in [0.1, 0.15) is 0 Å². The molecule has 4 heteroatoms. The lowest BCUT2D eigenvalue weighted by molar-refractivity contribution is 0.00259. The van der Waals surface area contributed by atoms with Crippen LogP contribution in [0.25, 0.3) is 0 Å². The van der Waals surface area contributed by atoms with Gasteiger partial charge < -0.3 is 14.8 Å². The first kappa shape index (κ1) is 11.9. The Morgan fingerprint density at radius 2 is 2.43 bits per heavy atom. The monoisotopic (exact) mass is 202 g/mol. The van der Waals surface area contributed by atoms with Crippen LogP contribution in [-0.4, -0.2) is 64.1 Å². The summed E-state index contributed by atoms with van der Waals surface area (Å²) in [6, 6.07) is 0. The summed E-state index contributed by atoms with van der Waals surface area (Å²) in [4.78, 5) is 2.36. The summed E-state index contributed by atoms with van der Waals surface area (Å²) in [5.41, 5.74) is 0. The van der Waals surface area contributed by atoms with Gasteiger partial charge in [-0.05, 0) is 6.54 Å². The predicted octanol–water partition coefficient (Wildman–Crippen LogP) is -0.0569. The fraction of sp³-hybridized carbons (Fsp3) is 1.00. The lowest BCUT2D eigenvalue weighted by Crippen LogP contribution is -2.45. The van der Waals surface area contributed by atoms with Gasteiger partial charge in [0, 0.05) is 33.3 Å². The van der Waals surface area contributed by atoms with E-state index in [-0.39, 0.29) is 0 Å². The Kier molecular flexibility index (Phi) is 6.10. The van der Waals surface area contributed by atoms with E-state index < -0.39 is 0 Å². The Morgan fingerprint density at radius 3 is 3.00 bits per heavy atom. The molecule has 0 spiro atoms. The van der Waals surface area contributed by atoms with Gasteiger partial charge in [0.15, 0.2) is 0 Å². The van der Waals surface area contributed by atoms with Crippen molar-refractivity contribution < 1.29 is 9.47 Å². The molecule has 4 nitrogen and oxygen atoms in total. The zero-order valence-corrected chi connectivity index (χ0v) is 9.29. The maximum Gasteiger partial charge on any atom is 0.0826 e. The zero-order chi connectivity index (χ0) is 10.2. The standard InChI is InChI=1S/C10H22N2O2/c1-3-12(5-7-13-2)9-10-8-11-4-6-14-10/h10-11H,3-9H2,1-2H3. The molecular formula is C10H22N2O2. The van der Waals surface area contributed by atoms with Gasteiger partial charge in [0.05, 0.1) is 19.3 Å². The average Bonchev–Trinajstić information content (AvgIpc) is 2.25. The lowest BCUT2D eigenvalue weighted by Gasteiger charge is -2.29. The van der Waals surface area contributed by atoms with Crippen molar-refractivity contribution in [1.82, 2.24) is 10.2 Å². The summed E-state index contributed by atoms with van der Waals surface area (Å²) >= 11 is 0. The highest BCUT2D eigenvalue weighted by Gasteiger charge is 2.16. The second-order valence-corrected chi connectivity index (χ2v) is 3.58. The van der Waals surface area contributed by atoms with Crippen molar-refractivity contribution in [3.8, 4) is 0 Å². The van der Waals surface area contributed by atoms with Gasteiger partial charge in [-0.2, -0.15) is 0 Å². The van der Waals surface area contributed by atoms with Crippen LogP contribution in [0.15, 0.2) is 0 Å². The van der Waals surface area contributed by atoms with Crippen molar-refractivity contribution in [3.05, 3.63) is 0 Å². The summed E-state index contributed by atoms with van der Waals surface area (Å²) in [7, 11) is 1.74. The van der Waals surface area contributed by atoms with Gasteiger partial charge in [0.25, 0.3) is 0 Å². The summed E-state index contributed by atoms with van der Waals surface area (Å²) in [6.45, 7) is 8.83. The number of methoxy groups -OCH3 is 1. The second-order valence-electron chi connectivity index (χ2n) is 3.58. The molecule has 1 N–H and O–H groups in total. The number of morpholine rings is 1. The van der Waals surface area contributed by atoms with Gasteiger partial charge in [-0.3, -0.25) is 4.90 Å². The largest absolute Gasteiger partial charge is 0.383 e. The molecule has 1 aliphatic heterocycles. The molecule has 1 fully saturated rings. The third-order valence-corrected chi connectivity index (χ3v) is 2.53. The van der Waals surface area contributed by atoms with Crippen LogP contribution in [0.2, 0.25) is 0 Å². The minimum Gasteiger partial charge on any atom is -0.383 e. The Hall–Kier alpha value is -0.160. The quantitative estimate of drug-likeness (QED) is 0.654. The Labute approximate surface area is 86.6 Å². The third-order valence-electron chi connectivity index (χ3n) is 2.53. The molecule has 0 amide bonds. The first-order chi connectivity index (χ1) is 6.86. The van der Waals surface area contributed by atoms with Gasteiger partial charge in [-0.25, -0.2) is 0 Å². The van der Waals surface area contributed by atoms with Gasteiger partial charge in [-0.15, -0.1) is 0 Å². The fourth-order valence-corrected chi connectivity index (χ4v) is 1.62. The molecular weight excluding hydrogens is 180 g/mol. The highest BCUT2D eigenvalue weighted by atomic mass is 16.5. The molecule has 0 aromatic carbocycles. The number of nitrogens with zero attached hydrogens (tertiary/aromatic N) is 1. The van der Waals surface area contributed by atoms with Crippen LogP contribution in [0, 0.1) is 0 Å². The molecule has 0 saturated carbocycles. The van der Waals surface area contributed by atoms with Gasteiger partial charge in [-0.1, -0.05) is 6.92 Å². The number of hydrogen-bond acceptors (Lipinski definition) is 4. The lowest BCUT2D eigenvalue weighted by atomic mass is 10.3. The number of nitrogens with one attached hydrogen (secondary N) is 1. The molecule has 1 aliphatic rings. The third kappa shape index (κ3) is 4.37. The molecule has 0 aromatic heterocycles. The van der Waals surface area contributed by atoms with Crippen LogP contribution in [-0.2, 0) is 9.47 Å².